The first-order valence-electron chi connectivity index (χ1n) is 7.14. The number of aromatic nitrogens is 1. The largest absolute Gasteiger partial charge is 0.478 e. The first-order valence-corrected chi connectivity index (χ1v) is 7.14. The van der Waals surface area contributed by atoms with E-state index >= 15 is 0 Å². The summed E-state index contributed by atoms with van der Waals surface area (Å²) in [5, 5.41) is 11.6. The molecule has 0 aromatic carbocycles. The number of carbonyl (C=O) groups excluding carboxylic acids is 1. The third kappa shape index (κ3) is 4.05. The van der Waals surface area contributed by atoms with Crippen LogP contribution in [0.3, 0.4) is 0 Å². The molecule has 2 rings (SSSR count). The van der Waals surface area contributed by atoms with Crippen LogP contribution in [0.4, 0.5) is 0 Å². The Kier molecular flexibility index (Phi) is 5.09. The molecule has 1 aliphatic rings. The lowest BCUT2D eigenvalue weighted by atomic mass is 9.87. The summed E-state index contributed by atoms with van der Waals surface area (Å²) in [6.45, 7) is 0.659. The van der Waals surface area contributed by atoms with Crippen molar-refractivity contribution in [2.45, 2.75) is 38.5 Å². The number of carboxylic acid groups (broad SMARTS) is 1. The topological polar surface area (TPSA) is 79.3 Å². The van der Waals surface area contributed by atoms with Gasteiger partial charge >= 0.3 is 5.97 Å². The van der Waals surface area contributed by atoms with Crippen LogP contribution in [-0.2, 0) is 0 Å². The standard InChI is InChI=1S/C15H20N2O3/c18-14(13-7-6-12(10-17-13)15(19)20)16-9-8-11-4-2-1-3-5-11/h6-7,10-11H,1-5,8-9H2,(H,16,18)(H,19,20). The van der Waals surface area contributed by atoms with E-state index in [2.05, 4.69) is 10.3 Å². The molecule has 0 bridgehead atoms. The highest BCUT2D eigenvalue weighted by atomic mass is 16.4. The van der Waals surface area contributed by atoms with E-state index in [1.807, 2.05) is 0 Å². The number of pyridine rings is 1. The summed E-state index contributed by atoms with van der Waals surface area (Å²) < 4.78 is 0. The second kappa shape index (κ2) is 7.03. The normalized spacial score (nSPS) is 15.8. The number of amides is 1. The lowest BCUT2D eigenvalue weighted by Crippen LogP contribution is -2.27. The molecule has 1 fully saturated rings. The van der Waals surface area contributed by atoms with Crippen LogP contribution in [0.15, 0.2) is 18.3 Å². The van der Waals surface area contributed by atoms with Gasteiger partial charge in [-0.25, -0.2) is 4.79 Å². The minimum atomic E-state index is -1.04. The summed E-state index contributed by atoms with van der Waals surface area (Å²) in [7, 11) is 0. The van der Waals surface area contributed by atoms with Gasteiger partial charge in [-0.3, -0.25) is 9.78 Å². The zero-order valence-electron chi connectivity index (χ0n) is 11.5. The van der Waals surface area contributed by atoms with Crippen LogP contribution in [-0.4, -0.2) is 28.5 Å². The number of hydrogen-bond acceptors (Lipinski definition) is 3. The number of carbonyl (C=O) groups is 2. The van der Waals surface area contributed by atoms with Gasteiger partial charge in [-0.15, -0.1) is 0 Å². The van der Waals surface area contributed by atoms with E-state index in [4.69, 9.17) is 5.11 Å². The lowest BCUT2D eigenvalue weighted by Gasteiger charge is -2.21. The average molecular weight is 276 g/mol. The van der Waals surface area contributed by atoms with Crippen LogP contribution in [0.5, 0.6) is 0 Å². The van der Waals surface area contributed by atoms with Crippen LogP contribution in [0.2, 0.25) is 0 Å². The van der Waals surface area contributed by atoms with Gasteiger partial charge in [0.1, 0.15) is 5.69 Å². The van der Waals surface area contributed by atoms with E-state index < -0.39 is 5.97 Å². The molecule has 1 aliphatic carbocycles. The Hall–Kier alpha value is -1.91. The van der Waals surface area contributed by atoms with Gasteiger partial charge in [0.25, 0.3) is 5.91 Å². The molecule has 1 saturated carbocycles. The molecule has 0 unspecified atom stereocenters. The maximum absolute atomic E-state index is 11.8. The summed E-state index contributed by atoms with van der Waals surface area (Å²) in [6.07, 6.45) is 8.69. The van der Waals surface area contributed by atoms with Crippen molar-refractivity contribution < 1.29 is 14.7 Å². The van der Waals surface area contributed by atoms with E-state index in [9.17, 15) is 9.59 Å². The zero-order chi connectivity index (χ0) is 14.4. The molecule has 5 nitrogen and oxygen atoms in total. The molecule has 1 amide bonds. The molecule has 5 heteroatoms. The van der Waals surface area contributed by atoms with Gasteiger partial charge in [0.2, 0.25) is 0 Å². The van der Waals surface area contributed by atoms with Gasteiger partial charge in [-0.05, 0) is 24.5 Å². The molecular formula is C15H20N2O3. The highest BCUT2D eigenvalue weighted by Crippen LogP contribution is 2.25. The third-order valence-corrected chi connectivity index (χ3v) is 3.81. The first-order chi connectivity index (χ1) is 9.66. The second-order valence-electron chi connectivity index (χ2n) is 5.29. The second-order valence-corrected chi connectivity index (χ2v) is 5.29. The molecule has 0 aliphatic heterocycles. The Morgan fingerprint density at radius 2 is 2.00 bits per heavy atom. The SMILES string of the molecule is O=C(O)c1ccc(C(=O)NCCC2CCCCC2)nc1. The zero-order valence-corrected chi connectivity index (χ0v) is 11.5. The van der Waals surface area contributed by atoms with Crippen molar-refractivity contribution >= 4 is 11.9 Å². The van der Waals surface area contributed by atoms with Crippen molar-refractivity contribution in [1.29, 1.82) is 0 Å². The van der Waals surface area contributed by atoms with Crippen molar-refractivity contribution in [3.05, 3.63) is 29.6 Å². The Morgan fingerprint density at radius 3 is 2.60 bits per heavy atom. The lowest BCUT2D eigenvalue weighted by molar-refractivity contribution is 0.0695. The predicted octanol–water partition coefficient (Wildman–Crippen LogP) is 2.48. The highest BCUT2D eigenvalue weighted by Gasteiger charge is 2.14. The Morgan fingerprint density at radius 1 is 1.25 bits per heavy atom. The molecule has 1 heterocycles. The van der Waals surface area contributed by atoms with E-state index in [0.29, 0.717) is 6.54 Å². The fourth-order valence-corrected chi connectivity index (χ4v) is 2.61. The highest BCUT2D eigenvalue weighted by molar-refractivity contribution is 5.93. The molecule has 1 aromatic rings. The van der Waals surface area contributed by atoms with Crippen LogP contribution in [0.25, 0.3) is 0 Å². The van der Waals surface area contributed by atoms with Crippen molar-refractivity contribution in [3.63, 3.8) is 0 Å². The van der Waals surface area contributed by atoms with E-state index in [1.54, 1.807) is 0 Å². The number of hydrogen-bond donors (Lipinski definition) is 2. The summed E-state index contributed by atoms with van der Waals surface area (Å²) >= 11 is 0. The molecule has 0 spiro atoms. The van der Waals surface area contributed by atoms with Gasteiger partial charge in [0.15, 0.2) is 0 Å². The summed E-state index contributed by atoms with van der Waals surface area (Å²) in [5.41, 5.74) is 0.349. The van der Waals surface area contributed by atoms with Gasteiger partial charge < -0.3 is 10.4 Å². The molecule has 0 atom stereocenters. The molecule has 108 valence electrons. The van der Waals surface area contributed by atoms with E-state index in [0.717, 1.165) is 12.3 Å². The average Bonchev–Trinajstić information content (AvgIpc) is 2.48. The first kappa shape index (κ1) is 14.5. The van der Waals surface area contributed by atoms with Crippen LogP contribution in [0, 0.1) is 5.92 Å². The van der Waals surface area contributed by atoms with Crippen LogP contribution >= 0.6 is 0 Å². The van der Waals surface area contributed by atoms with Crippen molar-refractivity contribution in [1.82, 2.24) is 10.3 Å². The minimum Gasteiger partial charge on any atom is -0.478 e. The Labute approximate surface area is 118 Å². The van der Waals surface area contributed by atoms with E-state index in [-0.39, 0.29) is 17.2 Å². The van der Waals surface area contributed by atoms with Crippen LogP contribution in [0.1, 0.15) is 59.4 Å². The smallest absolute Gasteiger partial charge is 0.337 e. The summed E-state index contributed by atoms with van der Waals surface area (Å²) in [6, 6.07) is 2.84. The maximum atomic E-state index is 11.8. The number of carboxylic acids is 1. The summed E-state index contributed by atoms with van der Waals surface area (Å²) in [5.74, 6) is -0.550. The number of nitrogens with one attached hydrogen (secondary N) is 1. The van der Waals surface area contributed by atoms with Gasteiger partial charge in [0.05, 0.1) is 5.56 Å². The van der Waals surface area contributed by atoms with Crippen molar-refractivity contribution in [3.8, 4) is 0 Å². The number of nitrogens with zero attached hydrogens (tertiary/aromatic N) is 1. The van der Waals surface area contributed by atoms with Crippen LogP contribution < -0.4 is 5.32 Å². The fourth-order valence-electron chi connectivity index (χ4n) is 2.61. The molecule has 0 saturated heterocycles. The third-order valence-electron chi connectivity index (χ3n) is 3.81. The monoisotopic (exact) mass is 276 g/mol. The van der Waals surface area contributed by atoms with E-state index in [1.165, 1.54) is 50.4 Å². The fraction of sp³-hybridized carbons (Fsp3) is 0.533. The number of aromatic carboxylic acids is 1. The Bertz CT molecular complexity index is 465. The molecule has 1 aromatic heterocycles. The molecule has 20 heavy (non-hydrogen) atoms. The minimum absolute atomic E-state index is 0.0868. The molecular weight excluding hydrogens is 256 g/mol. The van der Waals surface area contributed by atoms with Crippen molar-refractivity contribution in [2.24, 2.45) is 5.92 Å². The molecule has 2 N–H and O–H groups in total. The maximum Gasteiger partial charge on any atom is 0.337 e. The van der Waals surface area contributed by atoms with Crippen molar-refractivity contribution in [2.75, 3.05) is 6.54 Å². The van der Waals surface area contributed by atoms with Gasteiger partial charge in [-0.2, -0.15) is 0 Å². The molecule has 0 radical (unpaired) electrons. The van der Waals surface area contributed by atoms with Gasteiger partial charge in [0, 0.05) is 12.7 Å². The summed E-state index contributed by atoms with van der Waals surface area (Å²) in [4.78, 5) is 26.4. The quantitative estimate of drug-likeness (QED) is 0.866. The van der Waals surface area contributed by atoms with Gasteiger partial charge in [-0.1, -0.05) is 32.1 Å². The predicted molar refractivity (Wildman–Crippen MR) is 74.7 cm³/mol. The number of rotatable bonds is 5. The Balaban J connectivity index is 1.77.